The maximum absolute atomic E-state index is 12.8. The minimum absolute atomic E-state index is 0.159. The Labute approximate surface area is 141 Å². The third kappa shape index (κ3) is 3.49. The van der Waals surface area contributed by atoms with E-state index in [4.69, 9.17) is 4.74 Å². The van der Waals surface area contributed by atoms with Gasteiger partial charge in [0.15, 0.2) is 5.82 Å². The van der Waals surface area contributed by atoms with Crippen molar-refractivity contribution in [2.75, 3.05) is 11.4 Å². The van der Waals surface area contributed by atoms with Crippen LogP contribution in [0, 0.1) is 0 Å². The molecule has 0 bridgehead atoms. The van der Waals surface area contributed by atoms with Gasteiger partial charge in [0.25, 0.3) is 0 Å². The van der Waals surface area contributed by atoms with Gasteiger partial charge in [0.1, 0.15) is 5.75 Å². The summed E-state index contributed by atoms with van der Waals surface area (Å²) in [5.74, 6) is 0.932. The first kappa shape index (κ1) is 16.7. The number of sulfonamides is 1. The molecule has 0 aliphatic heterocycles. The molecule has 0 spiro atoms. The average Bonchev–Trinajstić information content (AvgIpc) is 3.45. The van der Waals surface area contributed by atoms with E-state index in [0.717, 1.165) is 5.56 Å². The van der Waals surface area contributed by atoms with E-state index in [1.54, 1.807) is 19.2 Å². The lowest BCUT2D eigenvalue weighted by Gasteiger charge is -2.23. The fraction of sp³-hybridized carbons (Fsp3) is 0.375. The van der Waals surface area contributed by atoms with Crippen molar-refractivity contribution in [1.29, 1.82) is 0 Å². The van der Waals surface area contributed by atoms with Crippen LogP contribution in [0.5, 0.6) is 5.75 Å². The first-order valence-corrected chi connectivity index (χ1v) is 9.11. The Kier molecular flexibility index (Phi) is 4.68. The molecule has 0 radical (unpaired) electrons. The minimum atomic E-state index is -3.50. The zero-order valence-electron chi connectivity index (χ0n) is 13.3. The molecule has 8 heteroatoms. The van der Waals surface area contributed by atoms with Crippen LogP contribution in [0.1, 0.15) is 24.1 Å². The molecule has 0 amide bonds. The van der Waals surface area contributed by atoms with E-state index in [1.807, 2.05) is 12.1 Å². The number of aliphatic hydroxyl groups excluding tert-OH is 1. The molecule has 2 aromatic rings. The highest BCUT2D eigenvalue weighted by molar-refractivity contribution is 7.93. The van der Waals surface area contributed by atoms with E-state index in [2.05, 4.69) is 9.97 Å². The summed E-state index contributed by atoms with van der Waals surface area (Å²) in [5, 5.41) is 8.87. The molecule has 1 aromatic carbocycles. The van der Waals surface area contributed by atoms with Gasteiger partial charge < -0.3 is 9.84 Å². The van der Waals surface area contributed by atoms with Crippen molar-refractivity contribution in [3.8, 4) is 5.75 Å². The van der Waals surface area contributed by atoms with Gasteiger partial charge in [-0.25, -0.2) is 17.7 Å². The zero-order chi connectivity index (χ0) is 17.2. The molecule has 1 aliphatic carbocycles. The number of methoxy groups -OCH3 is 1. The smallest absolute Gasteiger partial charge is 0.239 e. The number of nitrogens with zero attached hydrogens (tertiary/aromatic N) is 3. The molecule has 3 rings (SSSR count). The molecule has 128 valence electrons. The predicted molar refractivity (Wildman–Crippen MR) is 89.1 cm³/mol. The Morgan fingerprint density at radius 3 is 2.54 bits per heavy atom. The predicted octanol–water partition coefficient (Wildman–Crippen LogP) is 1.48. The van der Waals surface area contributed by atoms with Gasteiger partial charge >= 0.3 is 0 Å². The summed E-state index contributed by atoms with van der Waals surface area (Å²) in [5.41, 5.74) is 1.15. The van der Waals surface area contributed by atoms with Crippen molar-refractivity contribution in [3.63, 3.8) is 0 Å². The van der Waals surface area contributed by atoms with Gasteiger partial charge in [-0.1, -0.05) is 12.1 Å². The standard InChI is InChI=1S/C16H19N3O4S/c1-23-14-4-2-12(3-5-14)10-19(24(21,22)15-6-7-15)16-9-17-8-13(11-20)18-16/h2-5,8-9,15,20H,6-7,10-11H2,1H3. The summed E-state index contributed by atoms with van der Waals surface area (Å²) < 4.78 is 32.0. The number of hydrogen-bond acceptors (Lipinski definition) is 6. The average molecular weight is 349 g/mol. The number of anilines is 1. The number of rotatable bonds is 7. The topological polar surface area (TPSA) is 92.6 Å². The van der Waals surface area contributed by atoms with Gasteiger partial charge in [-0.2, -0.15) is 0 Å². The van der Waals surface area contributed by atoms with E-state index in [1.165, 1.54) is 16.7 Å². The van der Waals surface area contributed by atoms with E-state index in [9.17, 15) is 13.5 Å². The molecule has 1 N–H and O–H groups in total. The van der Waals surface area contributed by atoms with Gasteiger partial charge in [-0.15, -0.1) is 0 Å². The third-order valence-electron chi connectivity index (χ3n) is 3.83. The molecule has 1 heterocycles. The van der Waals surface area contributed by atoms with Gasteiger partial charge in [-0.05, 0) is 30.5 Å². The molecule has 0 saturated heterocycles. The maximum atomic E-state index is 12.8. The molecule has 0 atom stereocenters. The summed E-state index contributed by atoms with van der Waals surface area (Å²) in [4.78, 5) is 8.20. The lowest BCUT2D eigenvalue weighted by molar-refractivity contribution is 0.276. The minimum Gasteiger partial charge on any atom is -0.497 e. The van der Waals surface area contributed by atoms with Crippen molar-refractivity contribution >= 4 is 15.8 Å². The van der Waals surface area contributed by atoms with Crippen LogP contribution in [-0.4, -0.2) is 35.9 Å². The molecule has 0 unspecified atom stereocenters. The lowest BCUT2D eigenvalue weighted by atomic mass is 10.2. The van der Waals surface area contributed by atoms with Gasteiger partial charge in [0, 0.05) is 0 Å². The molecule has 1 aliphatic rings. The number of ether oxygens (including phenoxy) is 1. The second kappa shape index (κ2) is 6.74. The van der Waals surface area contributed by atoms with Gasteiger partial charge in [0.2, 0.25) is 10.0 Å². The number of hydrogen-bond donors (Lipinski definition) is 1. The monoisotopic (exact) mass is 349 g/mol. The molecule has 1 saturated carbocycles. The van der Waals surface area contributed by atoms with E-state index in [-0.39, 0.29) is 24.2 Å². The molecular formula is C16H19N3O4S. The quantitative estimate of drug-likeness (QED) is 0.814. The van der Waals surface area contributed by atoms with E-state index < -0.39 is 10.0 Å². The summed E-state index contributed by atoms with van der Waals surface area (Å²) in [6, 6.07) is 7.20. The van der Waals surface area contributed by atoms with Crippen molar-refractivity contribution in [1.82, 2.24) is 9.97 Å². The first-order valence-electron chi connectivity index (χ1n) is 7.61. The zero-order valence-corrected chi connectivity index (χ0v) is 14.1. The van der Waals surface area contributed by atoms with Crippen molar-refractivity contribution in [2.24, 2.45) is 0 Å². The highest BCUT2D eigenvalue weighted by Crippen LogP contribution is 2.34. The van der Waals surface area contributed by atoms with E-state index in [0.29, 0.717) is 24.3 Å². The Bertz CT molecular complexity index is 804. The second-order valence-corrected chi connectivity index (χ2v) is 7.76. The maximum Gasteiger partial charge on any atom is 0.239 e. The highest BCUT2D eigenvalue weighted by atomic mass is 32.2. The van der Waals surface area contributed by atoms with Crippen molar-refractivity contribution in [2.45, 2.75) is 31.2 Å². The highest BCUT2D eigenvalue weighted by Gasteiger charge is 2.41. The molecule has 1 aromatic heterocycles. The van der Waals surface area contributed by atoms with Crippen LogP contribution in [0.2, 0.25) is 0 Å². The summed E-state index contributed by atoms with van der Waals surface area (Å²) in [7, 11) is -1.92. The SMILES string of the molecule is COc1ccc(CN(c2cncc(CO)n2)S(=O)(=O)C2CC2)cc1. The third-order valence-corrected chi connectivity index (χ3v) is 6.07. The van der Waals surface area contributed by atoms with Crippen molar-refractivity contribution < 1.29 is 18.3 Å². The number of aliphatic hydroxyl groups is 1. The lowest BCUT2D eigenvalue weighted by Crippen LogP contribution is -2.34. The Morgan fingerprint density at radius 1 is 1.25 bits per heavy atom. The first-order chi connectivity index (χ1) is 11.5. The molecule has 7 nitrogen and oxygen atoms in total. The summed E-state index contributed by atoms with van der Waals surface area (Å²) in [6.45, 7) is -0.132. The van der Waals surface area contributed by atoms with Gasteiger partial charge in [-0.3, -0.25) is 4.98 Å². The normalized spacial score (nSPS) is 14.4. The van der Waals surface area contributed by atoms with Crippen LogP contribution in [0.15, 0.2) is 36.7 Å². The molecule has 1 fully saturated rings. The van der Waals surface area contributed by atoms with Crippen LogP contribution in [-0.2, 0) is 23.2 Å². The van der Waals surface area contributed by atoms with Crippen LogP contribution < -0.4 is 9.04 Å². The summed E-state index contributed by atoms with van der Waals surface area (Å²) >= 11 is 0. The second-order valence-electron chi connectivity index (χ2n) is 5.63. The Hall–Kier alpha value is -2.19. The fourth-order valence-electron chi connectivity index (χ4n) is 2.34. The number of aromatic nitrogens is 2. The Balaban J connectivity index is 1.95. The fourth-order valence-corrected chi connectivity index (χ4v) is 4.10. The van der Waals surface area contributed by atoms with Crippen LogP contribution in [0.4, 0.5) is 5.82 Å². The van der Waals surface area contributed by atoms with Crippen LogP contribution >= 0.6 is 0 Å². The Morgan fingerprint density at radius 2 is 1.96 bits per heavy atom. The molecular weight excluding hydrogens is 330 g/mol. The molecule has 24 heavy (non-hydrogen) atoms. The van der Waals surface area contributed by atoms with Crippen LogP contribution in [0.25, 0.3) is 0 Å². The summed E-state index contributed by atoms with van der Waals surface area (Å²) in [6.07, 6.45) is 4.14. The van der Waals surface area contributed by atoms with Crippen molar-refractivity contribution in [3.05, 3.63) is 47.9 Å². The van der Waals surface area contributed by atoms with Crippen LogP contribution in [0.3, 0.4) is 0 Å². The van der Waals surface area contributed by atoms with E-state index >= 15 is 0 Å². The largest absolute Gasteiger partial charge is 0.497 e. The number of benzene rings is 1. The van der Waals surface area contributed by atoms with Gasteiger partial charge in [0.05, 0.1) is 43.6 Å².